The van der Waals surface area contributed by atoms with Crippen molar-refractivity contribution in [3.8, 4) is 0 Å². The van der Waals surface area contributed by atoms with Crippen molar-refractivity contribution in [2.45, 2.75) is 71.2 Å². The number of hydrogen-bond donors (Lipinski definition) is 1. The molecule has 100 valence electrons. The quantitative estimate of drug-likeness (QED) is 0.774. The van der Waals surface area contributed by atoms with Crippen LogP contribution in [0.2, 0.25) is 0 Å². The van der Waals surface area contributed by atoms with Gasteiger partial charge in [-0.05, 0) is 33.1 Å². The first-order valence-electron chi connectivity index (χ1n) is 7.07. The van der Waals surface area contributed by atoms with Crippen LogP contribution < -0.4 is 5.32 Å². The van der Waals surface area contributed by atoms with Gasteiger partial charge in [0.25, 0.3) is 0 Å². The van der Waals surface area contributed by atoms with Crippen LogP contribution in [0.4, 0.5) is 0 Å². The summed E-state index contributed by atoms with van der Waals surface area (Å²) in [5.74, 6) is 0. The summed E-state index contributed by atoms with van der Waals surface area (Å²) >= 11 is 0. The minimum Gasteiger partial charge on any atom is -0.378 e. The van der Waals surface area contributed by atoms with Crippen molar-refractivity contribution >= 4 is 0 Å². The van der Waals surface area contributed by atoms with Crippen LogP contribution in [0.25, 0.3) is 0 Å². The van der Waals surface area contributed by atoms with Gasteiger partial charge in [0.05, 0.1) is 12.2 Å². The third kappa shape index (κ3) is 2.67. The fourth-order valence-electron chi connectivity index (χ4n) is 3.01. The van der Waals surface area contributed by atoms with E-state index in [-0.39, 0.29) is 5.41 Å². The van der Waals surface area contributed by atoms with Gasteiger partial charge in [-0.1, -0.05) is 13.8 Å². The normalized spacial score (nSPS) is 39.5. The molecule has 0 aromatic carbocycles. The van der Waals surface area contributed by atoms with Crippen molar-refractivity contribution in [3.05, 3.63) is 0 Å². The van der Waals surface area contributed by atoms with E-state index in [1.165, 1.54) is 12.8 Å². The Bertz CT molecular complexity index is 249. The summed E-state index contributed by atoms with van der Waals surface area (Å²) < 4.78 is 11.3. The van der Waals surface area contributed by atoms with Gasteiger partial charge in [0.15, 0.2) is 0 Å². The molecule has 0 aromatic heterocycles. The van der Waals surface area contributed by atoms with Gasteiger partial charge in [-0.15, -0.1) is 0 Å². The molecular weight excluding hydrogens is 214 g/mol. The van der Waals surface area contributed by atoms with E-state index in [9.17, 15) is 0 Å². The highest BCUT2D eigenvalue weighted by molar-refractivity contribution is 5.05. The molecule has 0 bridgehead atoms. The Labute approximate surface area is 105 Å². The lowest BCUT2D eigenvalue weighted by atomic mass is 9.63. The number of ether oxygens (including phenoxy) is 2. The van der Waals surface area contributed by atoms with E-state index < -0.39 is 0 Å². The zero-order chi connectivity index (χ0) is 12.5. The van der Waals surface area contributed by atoms with E-state index >= 15 is 0 Å². The molecule has 3 heteroatoms. The molecule has 0 radical (unpaired) electrons. The van der Waals surface area contributed by atoms with E-state index in [0.29, 0.717) is 24.3 Å². The molecule has 3 nitrogen and oxygen atoms in total. The molecule has 2 unspecified atom stereocenters. The van der Waals surface area contributed by atoms with Crippen LogP contribution in [-0.4, -0.2) is 37.5 Å². The Hall–Kier alpha value is -0.120. The van der Waals surface area contributed by atoms with E-state index in [1.807, 2.05) is 0 Å². The maximum absolute atomic E-state index is 5.75. The molecule has 0 aliphatic heterocycles. The molecule has 2 atom stereocenters. The second-order valence-corrected chi connectivity index (χ2v) is 5.97. The minimum atomic E-state index is 0.284. The smallest absolute Gasteiger partial charge is 0.0655 e. The molecule has 17 heavy (non-hydrogen) atoms. The fourth-order valence-corrected chi connectivity index (χ4v) is 3.01. The molecule has 2 aliphatic rings. The van der Waals surface area contributed by atoms with Gasteiger partial charge in [0.1, 0.15) is 0 Å². The van der Waals surface area contributed by atoms with E-state index in [4.69, 9.17) is 9.47 Å². The number of nitrogens with one attached hydrogen (secondary N) is 1. The summed E-state index contributed by atoms with van der Waals surface area (Å²) in [4.78, 5) is 0. The Morgan fingerprint density at radius 3 is 2.24 bits per heavy atom. The molecule has 2 fully saturated rings. The van der Waals surface area contributed by atoms with Crippen molar-refractivity contribution in [2.75, 3.05) is 13.2 Å². The average Bonchev–Trinajstić information content (AvgIpc) is 2.24. The van der Waals surface area contributed by atoms with Crippen molar-refractivity contribution in [3.63, 3.8) is 0 Å². The first-order chi connectivity index (χ1) is 8.07. The highest BCUT2D eigenvalue weighted by Crippen LogP contribution is 2.43. The predicted octanol–water partition coefficient (Wildman–Crippen LogP) is 2.35. The minimum absolute atomic E-state index is 0.284. The summed E-state index contributed by atoms with van der Waals surface area (Å²) in [5.41, 5.74) is 0.284. The molecule has 2 saturated carbocycles. The maximum atomic E-state index is 5.75. The van der Waals surface area contributed by atoms with Crippen LogP contribution in [0.15, 0.2) is 0 Å². The largest absolute Gasteiger partial charge is 0.378 e. The van der Waals surface area contributed by atoms with Gasteiger partial charge in [0, 0.05) is 30.7 Å². The zero-order valence-corrected chi connectivity index (χ0v) is 11.7. The van der Waals surface area contributed by atoms with Crippen LogP contribution in [0.1, 0.15) is 47.0 Å². The van der Waals surface area contributed by atoms with E-state index in [2.05, 4.69) is 33.0 Å². The Morgan fingerprint density at radius 1 is 1.06 bits per heavy atom. The van der Waals surface area contributed by atoms with Crippen molar-refractivity contribution in [2.24, 2.45) is 5.41 Å². The van der Waals surface area contributed by atoms with E-state index in [0.717, 1.165) is 19.6 Å². The molecule has 0 aromatic rings. The Morgan fingerprint density at radius 2 is 1.71 bits per heavy atom. The summed E-state index contributed by atoms with van der Waals surface area (Å²) in [6.45, 7) is 10.5. The van der Waals surface area contributed by atoms with Gasteiger partial charge in [-0.25, -0.2) is 0 Å². The van der Waals surface area contributed by atoms with Crippen molar-refractivity contribution in [1.29, 1.82) is 0 Å². The van der Waals surface area contributed by atoms with Crippen LogP contribution >= 0.6 is 0 Å². The SMILES string of the molecule is CCOC1CC(NC2CC(OCC)C2(C)C)C1. The maximum Gasteiger partial charge on any atom is 0.0655 e. The molecule has 2 aliphatic carbocycles. The van der Waals surface area contributed by atoms with Gasteiger partial charge < -0.3 is 14.8 Å². The lowest BCUT2D eigenvalue weighted by Gasteiger charge is -2.54. The van der Waals surface area contributed by atoms with Gasteiger partial charge >= 0.3 is 0 Å². The Kier molecular flexibility index (Phi) is 4.11. The van der Waals surface area contributed by atoms with Gasteiger partial charge in [-0.2, -0.15) is 0 Å². The zero-order valence-electron chi connectivity index (χ0n) is 11.7. The monoisotopic (exact) mass is 241 g/mol. The highest BCUT2D eigenvalue weighted by atomic mass is 16.5. The highest BCUT2D eigenvalue weighted by Gasteiger charge is 2.50. The van der Waals surface area contributed by atoms with Crippen LogP contribution in [0.3, 0.4) is 0 Å². The first kappa shape index (κ1) is 13.3. The van der Waals surface area contributed by atoms with Gasteiger partial charge in [-0.3, -0.25) is 0 Å². The third-order valence-corrected chi connectivity index (χ3v) is 4.48. The molecule has 0 spiro atoms. The van der Waals surface area contributed by atoms with Crippen molar-refractivity contribution in [1.82, 2.24) is 5.32 Å². The second kappa shape index (κ2) is 5.25. The third-order valence-electron chi connectivity index (χ3n) is 4.48. The topological polar surface area (TPSA) is 30.5 Å². The van der Waals surface area contributed by atoms with E-state index in [1.54, 1.807) is 0 Å². The molecule has 2 rings (SSSR count). The fraction of sp³-hybridized carbons (Fsp3) is 1.00. The number of hydrogen-bond acceptors (Lipinski definition) is 3. The molecule has 0 amide bonds. The second-order valence-electron chi connectivity index (χ2n) is 5.97. The van der Waals surface area contributed by atoms with Crippen molar-refractivity contribution < 1.29 is 9.47 Å². The Balaban J connectivity index is 1.69. The summed E-state index contributed by atoms with van der Waals surface area (Å²) in [5, 5.41) is 3.76. The lowest BCUT2D eigenvalue weighted by Crippen LogP contribution is -2.64. The van der Waals surface area contributed by atoms with Crippen LogP contribution in [0, 0.1) is 5.41 Å². The molecule has 0 saturated heterocycles. The average molecular weight is 241 g/mol. The lowest BCUT2D eigenvalue weighted by molar-refractivity contribution is -0.123. The number of rotatable bonds is 6. The standard InChI is InChI=1S/C14H27NO2/c1-5-16-11-7-10(8-11)15-12-9-13(17-6-2)14(12,3)4/h10-13,15H,5-9H2,1-4H3. The predicted molar refractivity (Wildman–Crippen MR) is 69.2 cm³/mol. The van der Waals surface area contributed by atoms with Gasteiger partial charge in [0.2, 0.25) is 0 Å². The molecular formula is C14H27NO2. The summed E-state index contributed by atoms with van der Waals surface area (Å²) in [7, 11) is 0. The summed E-state index contributed by atoms with van der Waals surface area (Å²) in [6.07, 6.45) is 4.46. The van der Waals surface area contributed by atoms with Crippen LogP contribution in [0.5, 0.6) is 0 Å². The first-order valence-corrected chi connectivity index (χ1v) is 7.07. The molecule has 1 N–H and O–H groups in total. The van der Waals surface area contributed by atoms with Crippen LogP contribution in [-0.2, 0) is 9.47 Å². The molecule has 0 heterocycles. The summed E-state index contributed by atoms with van der Waals surface area (Å²) in [6, 6.07) is 1.28.